The van der Waals surface area contributed by atoms with Gasteiger partial charge in [0.25, 0.3) is 5.91 Å². The Balaban J connectivity index is 1.45. The summed E-state index contributed by atoms with van der Waals surface area (Å²) < 4.78 is 5.80. The molecule has 0 unspecified atom stereocenters. The fourth-order valence-electron chi connectivity index (χ4n) is 2.74. The maximum absolute atomic E-state index is 12.5. The highest BCUT2D eigenvalue weighted by molar-refractivity contribution is 6.04. The van der Waals surface area contributed by atoms with Gasteiger partial charge in [0, 0.05) is 11.1 Å². The van der Waals surface area contributed by atoms with E-state index in [1.165, 1.54) is 5.56 Å². The molecule has 1 amide bonds. The van der Waals surface area contributed by atoms with Crippen LogP contribution in [-0.2, 0) is 0 Å². The molecule has 0 bridgehead atoms. The van der Waals surface area contributed by atoms with Gasteiger partial charge in [-0.25, -0.2) is 4.98 Å². The maximum Gasteiger partial charge on any atom is 0.274 e. The molecule has 0 fully saturated rings. The Morgan fingerprint density at radius 1 is 0.815 bits per heavy atom. The summed E-state index contributed by atoms with van der Waals surface area (Å²) in [5.74, 6) is 1.24. The van der Waals surface area contributed by atoms with Gasteiger partial charge >= 0.3 is 0 Å². The van der Waals surface area contributed by atoms with Gasteiger partial charge in [-0.05, 0) is 55.5 Å². The molecule has 4 heteroatoms. The largest absolute Gasteiger partial charge is 0.457 e. The van der Waals surface area contributed by atoms with Crippen LogP contribution in [0.25, 0.3) is 10.9 Å². The van der Waals surface area contributed by atoms with E-state index in [-0.39, 0.29) is 5.91 Å². The van der Waals surface area contributed by atoms with Crippen molar-refractivity contribution < 1.29 is 9.53 Å². The molecule has 3 aromatic carbocycles. The third-order valence-corrected chi connectivity index (χ3v) is 4.20. The van der Waals surface area contributed by atoms with Crippen LogP contribution in [0.5, 0.6) is 11.5 Å². The average molecular weight is 354 g/mol. The van der Waals surface area contributed by atoms with E-state index in [0.29, 0.717) is 17.1 Å². The van der Waals surface area contributed by atoms with E-state index in [4.69, 9.17) is 4.74 Å². The molecule has 132 valence electrons. The molecule has 4 rings (SSSR count). The second-order valence-electron chi connectivity index (χ2n) is 6.28. The second kappa shape index (κ2) is 7.30. The highest BCUT2D eigenvalue weighted by atomic mass is 16.5. The summed E-state index contributed by atoms with van der Waals surface area (Å²) in [5, 5.41) is 3.87. The van der Waals surface area contributed by atoms with Gasteiger partial charge in [0.2, 0.25) is 0 Å². The molecule has 0 radical (unpaired) electrons. The highest BCUT2D eigenvalue weighted by Crippen LogP contribution is 2.23. The van der Waals surface area contributed by atoms with Crippen molar-refractivity contribution in [3.8, 4) is 11.5 Å². The van der Waals surface area contributed by atoms with Gasteiger partial charge in [-0.15, -0.1) is 0 Å². The molecule has 0 spiro atoms. The number of rotatable bonds is 4. The summed E-state index contributed by atoms with van der Waals surface area (Å²) >= 11 is 0. The van der Waals surface area contributed by atoms with Crippen LogP contribution < -0.4 is 10.1 Å². The monoisotopic (exact) mass is 354 g/mol. The van der Waals surface area contributed by atoms with Crippen molar-refractivity contribution in [2.24, 2.45) is 0 Å². The van der Waals surface area contributed by atoms with E-state index in [1.807, 2.05) is 85.8 Å². The molecule has 1 heterocycles. The van der Waals surface area contributed by atoms with E-state index in [2.05, 4.69) is 10.3 Å². The lowest BCUT2D eigenvalue weighted by molar-refractivity contribution is 0.102. The zero-order valence-electron chi connectivity index (χ0n) is 14.8. The summed E-state index contributed by atoms with van der Waals surface area (Å²) in [5.41, 5.74) is 3.05. The topological polar surface area (TPSA) is 51.2 Å². The quantitative estimate of drug-likeness (QED) is 0.520. The lowest BCUT2D eigenvalue weighted by Crippen LogP contribution is -2.13. The number of carbonyl (C=O) groups is 1. The van der Waals surface area contributed by atoms with Crippen LogP contribution in [0.4, 0.5) is 5.69 Å². The Labute approximate surface area is 157 Å². The van der Waals surface area contributed by atoms with E-state index >= 15 is 0 Å². The highest BCUT2D eigenvalue weighted by Gasteiger charge is 2.09. The molecule has 0 aliphatic heterocycles. The minimum absolute atomic E-state index is 0.243. The minimum Gasteiger partial charge on any atom is -0.457 e. The van der Waals surface area contributed by atoms with Crippen LogP contribution in [0.1, 0.15) is 16.1 Å². The molecule has 4 aromatic rings. The van der Waals surface area contributed by atoms with Gasteiger partial charge in [0.15, 0.2) is 0 Å². The van der Waals surface area contributed by atoms with Crippen LogP contribution in [-0.4, -0.2) is 10.9 Å². The van der Waals surface area contributed by atoms with Crippen LogP contribution in [0.3, 0.4) is 0 Å². The van der Waals surface area contributed by atoms with Crippen LogP contribution in [0.15, 0.2) is 84.9 Å². The van der Waals surface area contributed by atoms with Crippen molar-refractivity contribution >= 4 is 22.5 Å². The fraction of sp³-hybridized carbons (Fsp3) is 0.0435. The van der Waals surface area contributed by atoms with Crippen LogP contribution in [0.2, 0.25) is 0 Å². The molecule has 0 saturated heterocycles. The summed E-state index contributed by atoms with van der Waals surface area (Å²) in [7, 11) is 0. The standard InChI is InChI=1S/C23H18N2O2/c1-16-6-11-19(12-7-16)27-20-13-9-18(10-14-20)24-23(26)22-15-8-17-4-2-3-5-21(17)25-22/h2-15H,1H3,(H,24,26). The smallest absolute Gasteiger partial charge is 0.274 e. The number of fused-ring (bicyclic) bond motifs is 1. The molecule has 1 N–H and O–H groups in total. The molecule has 0 aliphatic rings. The van der Waals surface area contributed by atoms with E-state index in [9.17, 15) is 4.79 Å². The van der Waals surface area contributed by atoms with Crippen molar-refractivity contribution in [1.29, 1.82) is 0 Å². The summed E-state index contributed by atoms with van der Waals surface area (Å²) in [6, 6.07) is 26.5. The number of para-hydroxylation sites is 1. The van der Waals surface area contributed by atoms with Crippen molar-refractivity contribution in [3.63, 3.8) is 0 Å². The first-order valence-electron chi connectivity index (χ1n) is 8.69. The first-order chi connectivity index (χ1) is 13.2. The van der Waals surface area contributed by atoms with Crippen LogP contribution >= 0.6 is 0 Å². The van der Waals surface area contributed by atoms with Crippen molar-refractivity contribution in [2.75, 3.05) is 5.32 Å². The third kappa shape index (κ3) is 3.96. The predicted octanol–water partition coefficient (Wildman–Crippen LogP) is 5.59. The molecular formula is C23H18N2O2. The lowest BCUT2D eigenvalue weighted by Gasteiger charge is -2.08. The number of pyridine rings is 1. The number of anilines is 1. The number of carbonyl (C=O) groups excluding carboxylic acids is 1. The zero-order valence-corrected chi connectivity index (χ0v) is 14.8. The van der Waals surface area contributed by atoms with Gasteiger partial charge < -0.3 is 10.1 Å². The normalized spacial score (nSPS) is 10.6. The van der Waals surface area contributed by atoms with Gasteiger partial charge in [0.1, 0.15) is 17.2 Å². The number of aryl methyl sites for hydroxylation is 1. The first-order valence-corrected chi connectivity index (χ1v) is 8.69. The molecule has 27 heavy (non-hydrogen) atoms. The van der Waals surface area contributed by atoms with Gasteiger partial charge in [0.05, 0.1) is 5.52 Å². The summed E-state index contributed by atoms with van der Waals surface area (Å²) in [6.45, 7) is 2.03. The number of nitrogens with one attached hydrogen (secondary N) is 1. The van der Waals surface area contributed by atoms with Crippen molar-refractivity contribution in [2.45, 2.75) is 6.92 Å². The number of ether oxygens (including phenoxy) is 1. The molecule has 0 saturated carbocycles. The number of nitrogens with zero attached hydrogens (tertiary/aromatic N) is 1. The molecular weight excluding hydrogens is 336 g/mol. The number of benzene rings is 3. The van der Waals surface area contributed by atoms with Gasteiger partial charge in [-0.3, -0.25) is 4.79 Å². The molecule has 4 nitrogen and oxygen atoms in total. The average Bonchev–Trinajstić information content (AvgIpc) is 2.71. The SMILES string of the molecule is Cc1ccc(Oc2ccc(NC(=O)c3ccc4ccccc4n3)cc2)cc1. The fourth-order valence-corrected chi connectivity index (χ4v) is 2.74. The van der Waals surface area contributed by atoms with Crippen LogP contribution in [0, 0.1) is 6.92 Å². The van der Waals surface area contributed by atoms with E-state index < -0.39 is 0 Å². The Hall–Kier alpha value is -3.66. The first kappa shape index (κ1) is 16.8. The summed E-state index contributed by atoms with van der Waals surface area (Å²) in [6.07, 6.45) is 0. The van der Waals surface area contributed by atoms with Gasteiger partial charge in [-0.1, -0.05) is 42.0 Å². The number of amides is 1. The van der Waals surface area contributed by atoms with Crippen molar-refractivity contribution in [1.82, 2.24) is 4.98 Å². The minimum atomic E-state index is -0.243. The van der Waals surface area contributed by atoms with Crippen molar-refractivity contribution in [3.05, 3.63) is 96.2 Å². The Kier molecular flexibility index (Phi) is 4.54. The maximum atomic E-state index is 12.5. The predicted molar refractivity (Wildman–Crippen MR) is 107 cm³/mol. The number of aromatic nitrogens is 1. The summed E-state index contributed by atoms with van der Waals surface area (Å²) in [4.78, 5) is 16.9. The van der Waals surface area contributed by atoms with E-state index in [0.717, 1.165) is 16.7 Å². The molecule has 0 atom stereocenters. The molecule has 1 aromatic heterocycles. The Morgan fingerprint density at radius 3 is 2.22 bits per heavy atom. The Morgan fingerprint density at radius 2 is 1.48 bits per heavy atom. The molecule has 0 aliphatic carbocycles. The number of hydrogen-bond donors (Lipinski definition) is 1. The van der Waals surface area contributed by atoms with E-state index in [1.54, 1.807) is 6.07 Å². The Bertz CT molecular complexity index is 1090. The number of hydrogen-bond acceptors (Lipinski definition) is 3. The second-order valence-corrected chi connectivity index (χ2v) is 6.28. The van der Waals surface area contributed by atoms with Gasteiger partial charge in [-0.2, -0.15) is 0 Å². The zero-order chi connectivity index (χ0) is 18.6. The third-order valence-electron chi connectivity index (χ3n) is 4.20. The lowest BCUT2D eigenvalue weighted by atomic mass is 10.2.